The van der Waals surface area contributed by atoms with Gasteiger partial charge in [0, 0.05) is 17.7 Å². The molecule has 0 N–H and O–H groups in total. The van der Waals surface area contributed by atoms with Gasteiger partial charge in [-0.05, 0) is 30.0 Å². The van der Waals surface area contributed by atoms with Crippen LogP contribution in [0.5, 0.6) is 0 Å². The molecule has 0 amide bonds. The van der Waals surface area contributed by atoms with Crippen LogP contribution in [0.15, 0.2) is 24.3 Å². The van der Waals surface area contributed by atoms with Crippen molar-refractivity contribution in [3.8, 4) is 0 Å². The van der Waals surface area contributed by atoms with E-state index in [1.54, 1.807) is 11.8 Å². The van der Waals surface area contributed by atoms with E-state index in [1.165, 1.54) is 24.3 Å². The number of benzene rings is 1. The molecule has 1 rings (SSSR count). The monoisotopic (exact) mass is 212 g/mol. The minimum Gasteiger partial charge on any atom is -0.294 e. The quantitative estimate of drug-likeness (QED) is 0.551. The summed E-state index contributed by atoms with van der Waals surface area (Å²) in [7, 11) is 0. The van der Waals surface area contributed by atoms with Crippen molar-refractivity contribution in [3.05, 3.63) is 35.6 Å². The summed E-state index contributed by atoms with van der Waals surface area (Å²) in [5.41, 5.74) is 0.600. The van der Waals surface area contributed by atoms with Crippen molar-refractivity contribution in [3.63, 3.8) is 0 Å². The van der Waals surface area contributed by atoms with E-state index in [1.807, 2.05) is 0 Å². The molecule has 0 aromatic heterocycles. The first-order chi connectivity index (χ1) is 6.74. The fourth-order valence-electron chi connectivity index (χ4n) is 1.09. The van der Waals surface area contributed by atoms with Gasteiger partial charge in [0.05, 0.1) is 0 Å². The topological polar surface area (TPSA) is 17.1 Å². The summed E-state index contributed by atoms with van der Waals surface area (Å²) in [5, 5.41) is 0. The van der Waals surface area contributed by atoms with Gasteiger partial charge in [0.15, 0.2) is 5.78 Å². The van der Waals surface area contributed by atoms with Crippen LogP contribution in [-0.4, -0.2) is 17.3 Å². The van der Waals surface area contributed by atoms with Gasteiger partial charge in [-0.2, -0.15) is 11.8 Å². The molecule has 0 aliphatic heterocycles. The molecule has 0 radical (unpaired) electrons. The zero-order chi connectivity index (χ0) is 10.4. The Bertz CT molecular complexity index is 295. The number of hydrogen-bond donors (Lipinski definition) is 0. The number of carbonyl (C=O) groups is 1. The van der Waals surface area contributed by atoms with Crippen LogP contribution < -0.4 is 0 Å². The van der Waals surface area contributed by atoms with Crippen LogP contribution in [0.1, 0.15) is 23.7 Å². The minimum atomic E-state index is -0.301. The molecule has 0 atom stereocenters. The summed E-state index contributed by atoms with van der Waals surface area (Å²) in [4.78, 5) is 11.5. The van der Waals surface area contributed by atoms with Crippen molar-refractivity contribution < 1.29 is 9.18 Å². The van der Waals surface area contributed by atoms with Gasteiger partial charge in [0.25, 0.3) is 0 Å². The normalized spacial score (nSPS) is 10.1. The van der Waals surface area contributed by atoms with E-state index < -0.39 is 0 Å². The van der Waals surface area contributed by atoms with Gasteiger partial charge in [-0.25, -0.2) is 4.39 Å². The number of carbonyl (C=O) groups excluding carboxylic acids is 1. The van der Waals surface area contributed by atoms with Crippen molar-refractivity contribution in [2.45, 2.75) is 13.3 Å². The van der Waals surface area contributed by atoms with Gasteiger partial charge >= 0.3 is 0 Å². The van der Waals surface area contributed by atoms with Crippen LogP contribution in [0.2, 0.25) is 0 Å². The molecule has 76 valence electrons. The zero-order valence-corrected chi connectivity index (χ0v) is 8.94. The Kier molecular flexibility index (Phi) is 4.66. The summed E-state index contributed by atoms with van der Waals surface area (Å²) in [6, 6.07) is 5.71. The molecule has 0 saturated carbocycles. The lowest BCUT2D eigenvalue weighted by atomic mass is 10.1. The fourth-order valence-corrected chi connectivity index (χ4v) is 1.71. The molecule has 1 aromatic carbocycles. The number of halogens is 1. The van der Waals surface area contributed by atoms with E-state index in [2.05, 4.69) is 6.92 Å². The molecule has 14 heavy (non-hydrogen) atoms. The summed E-state index contributed by atoms with van der Waals surface area (Å²) in [5.74, 6) is 1.65. The molecular weight excluding hydrogens is 199 g/mol. The average Bonchev–Trinajstić information content (AvgIpc) is 2.19. The van der Waals surface area contributed by atoms with Crippen molar-refractivity contribution >= 4 is 17.5 Å². The highest BCUT2D eigenvalue weighted by atomic mass is 32.2. The largest absolute Gasteiger partial charge is 0.294 e. The van der Waals surface area contributed by atoms with Gasteiger partial charge in [-0.1, -0.05) is 6.92 Å². The first-order valence-corrected chi connectivity index (χ1v) is 5.76. The highest BCUT2D eigenvalue weighted by molar-refractivity contribution is 7.99. The van der Waals surface area contributed by atoms with Crippen LogP contribution in [0.25, 0.3) is 0 Å². The number of rotatable bonds is 5. The standard InChI is InChI=1S/C11H13FOS/c1-2-14-8-7-11(13)9-3-5-10(12)6-4-9/h3-6H,2,7-8H2,1H3. The Hall–Kier alpha value is -0.830. The van der Waals surface area contributed by atoms with Crippen molar-refractivity contribution in [1.29, 1.82) is 0 Å². The van der Waals surface area contributed by atoms with Gasteiger partial charge in [-0.15, -0.1) is 0 Å². The molecule has 0 aliphatic carbocycles. The summed E-state index contributed by atoms with van der Waals surface area (Å²) in [6.45, 7) is 2.06. The Morgan fingerprint density at radius 1 is 1.36 bits per heavy atom. The van der Waals surface area contributed by atoms with Crippen molar-refractivity contribution in [1.82, 2.24) is 0 Å². The molecule has 0 aliphatic rings. The van der Waals surface area contributed by atoms with Gasteiger partial charge < -0.3 is 0 Å². The molecule has 0 heterocycles. The zero-order valence-electron chi connectivity index (χ0n) is 8.13. The number of hydrogen-bond acceptors (Lipinski definition) is 2. The summed E-state index contributed by atoms with van der Waals surface area (Å²) >= 11 is 1.74. The fraction of sp³-hybridized carbons (Fsp3) is 0.364. The second-order valence-electron chi connectivity index (χ2n) is 2.88. The predicted molar refractivity (Wildman–Crippen MR) is 58.3 cm³/mol. The molecule has 0 spiro atoms. The number of ketones is 1. The maximum Gasteiger partial charge on any atom is 0.163 e. The SMILES string of the molecule is CCSCCC(=O)c1ccc(F)cc1. The highest BCUT2D eigenvalue weighted by Gasteiger charge is 2.04. The third kappa shape index (κ3) is 3.50. The van der Waals surface area contributed by atoms with E-state index in [0.29, 0.717) is 12.0 Å². The van der Waals surface area contributed by atoms with Gasteiger partial charge in [0.1, 0.15) is 5.82 Å². The van der Waals surface area contributed by atoms with E-state index in [9.17, 15) is 9.18 Å². The van der Waals surface area contributed by atoms with Gasteiger partial charge in [0.2, 0.25) is 0 Å². The van der Waals surface area contributed by atoms with E-state index in [4.69, 9.17) is 0 Å². The third-order valence-corrected chi connectivity index (χ3v) is 2.74. The van der Waals surface area contributed by atoms with Crippen molar-refractivity contribution in [2.75, 3.05) is 11.5 Å². The highest BCUT2D eigenvalue weighted by Crippen LogP contribution is 2.09. The molecule has 0 unspecified atom stereocenters. The maximum atomic E-state index is 12.5. The minimum absolute atomic E-state index is 0.0888. The van der Waals surface area contributed by atoms with Crippen LogP contribution in [0, 0.1) is 5.82 Å². The Morgan fingerprint density at radius 3 is 2.57 bits per heavy atom. The average molecular weight is 212 g/mol. The lowest BCUT2D eigenvalue weighted by Crippen LogP contribution is -2.00. The van der Waals surface area contributed by atoms with Crippen LogP contribution in [-0.2, 0) is 0 Å². The number of Topliss-reactive ketones (excluding diaryl/α,β-unsaturated/α-hetero) is 1. The summed E-state index contributed by atoms with van der Waals surface area (Å²) < 4.78 is 12.5. The van der Waals surface area contributed by atoms with Gasteiger partial charge in [-0.3, -0.25) is 4.79 Å². The molecule has 0 fully saturated rings. The van der Waals surface area contributed by atoms with Crippen LogP contribution in [0.4, 0.5) is 4.39 Å². The number of thioether (sulfide) groups is 1. The molecule has 1 aromatic rings. The maximum absolute atomic E-state index is 12.5. The first kappa shape index (κ1) is 11.2. The molecule has 0 bridgehead atoms. The Labute approximate surface area is 87.7 Å². The lowest BCUT2D eigenvalue weighted by Gasteiger charge is -1.99. The van der Waals surface area contributed by atoms with E-state index >= 15 is 0 Å². The molecule has 3 heteroatoms. The van der Waals surface area contributed by atoms with Crippen LogP contribution >= 0.6 is 11.8 Å². The third-order valence-electron chi connectivity index (χ3n) is 1.84. The molecule has 1 nitrogen and oxygen atoms in total. The smallest absolute Gasteiger partial charge is 0.163 e. The Balaban J connectivity index is 2.48. The molecule has 0 saturated heterocycles. The summed E-state index contributed by atoms with van der Waals surface area (Å²) in [6.07, 6.45) is 0.532. The van der Waals surface area contributed by atoms with E-state index in [-0.39, 0.29) is 11.6 Å². The lowest BCUT2D eigenvalue weighted by molar-refractivity contribution is 0.0989. The second kappa shape index (κ2) is 5.81. The predicted octanol–water partition coefficient (Wildman–Crippen LogP) is 3.15. The van der Waals surface area contributed by atoms with Crippen LogP contribution in [0.3, 0.4) is 0 Å². The first-order valence-electron chi connectivity index (χ1n) is 4.60. The Morgan fingerprint density at radius 2 is 2.00 bits per heavy atom. The molecular formula is C11H13FOS. The van der Waals surface area contributed by atoms with Crippen molar-refractivity contribution in [2.24, 2.45) is 0 Å². The van der Waals surface area contributed by atoms with E-state index in [0.717, 1.165) is 11.5 Å². The second-order valence-corrected chi connectivity index (χ2v) is 4.27.